The van der Waals surface area contributed by atoms with Crippen LogP contribution in [0.5, 0.6) is 0 Å². The number of para-hydroxylation sites is 1. The number of anilines is 1. The summed E-state index contributed by atoms with van der Waals surface area (Å²) in [6.07, 6.45) is 2.11. The Hall–Kier alpha value is -1.83. The van der Waals surface area contributed by atoms with Gasteiger partial charge in [0.15, 0.2) is 0 Å². The summed E-state index contributed by atoms with van der Waals surface area (Å²) in [7, 11) is 0. The third-order valence-corrected chi connectivity index (χ3v) is 3.34. The van der Waals surface area contributed by atoms with Crippen molar-refractivity contribution in [1.82, 2.24) is 0 Å². The zero-order valence-corrected chi connectivity index (χ0v) is 9.49. The number of halogens is 1. The minimum absolute atomic E-state index is 0.183. The highest BCUT2D eigenvalue weighted by molar-refractivity contribution is 5.49. The Morgan fingerprint density at radius 1 is 1.00 bits per heavy atom. The predicted molar refractivity (Wildman–Crippen MR) is 67.5 cm³/mol. The maximum Gasteiger partial charge on any atom is 0.146 e. The monoisotopic (exact) mass is 227 g/mol. The van der Waals surface area contributed by atoms with Crippen molar-refractivity contribution < 1.29 is 4.39 Å². The minimum Gasteiger partial charge on any atom is -0.376 e. The van der Waals surface area contributed by atoms with Gasteiger partial charge >= 0.3 is 0 Å². The summed E-state index contributed by atoms with van der Waals surface area (Å²) in [6, 6.07) is 15.5. The summed E-state index contributed by atoms with van der Waals surface area (Å²) >= 11 is 0. The number of hydrogen-bond donors (Lipinski definition) is 1. The Bertz CT molecular complexity index is 536. The van der Waals surface area contributed by atoms with Crippen LogP contribution in [0, 0.1) is 5.82 Å². The number of nitrogens with one attached hydrogen (secondary N) is 1. The summed E-state index contributed by atoms with van der Waals surface area (Å²) in [4.78, 5) is 0. The summed E-state index contributed by atoms with van der Waals surface area (Å²) in [6.45, 7) is 0. The van der Waals surface area contributed by atoms with Crippen LogP contribution in [0.15, 0.2) is 48.5 Å². The predicted octanol–water partition coefficient (Wildman–Crippen LogP) is 3.93. The van der Waals surface area contributed by atoms with E-state index in [4.69, 9.17) is 0 Å². The van der Waals surface area contributed by atoms with Gasteiger partial charge in [-0.15, -0.1) is 0 Å². The van der Waals surface area contributed by atoms with Crippen LogP contribution in [0.2, 0.25) is 0 Å². The molecule has 1 aliphatic rings. The van der Waals surface area contributed by atoms with Gasteiger partial charge in [-0.05, 0) is 36.1 Å². The van der Waals surface area contributed by atoms with Crippen LogP contribution in [-0.4, -0.2) is 0 Å². The fourth-order valence-electron chi connectivity index (χ4n) is 2.47. The first kappa shape index (κ1) is 10.3. The molecule has 0 saturated carbocycles. The largest absolute Gasteiger partial charge is 0.376 e. The van der Waals surface area contributed by atoms with Crippen LogP contribution in [-0.2, 0) is 6.42 Å². The van der Waals surface area contributed by atoms with E-state index < -0.39 is 0 Å². The third kappa shape index (κ3) is 1.91. The molecule has 86 valence electrons. The van der Waals surface area contributed by atoms with Gasteiger partial charge in [-0.3, -0.25) is 0 Å². The zero-order chi connectivity index (χ0) is 11.7. The van der Waals surface area contributed by atoms with E-state index in [9.17, 15) is 4.39 Å². The van der Waals surface area contributed by atoms with Gasteiger partial charge in [0.2, 0.25) is 0 Å². The van der Waals surface area contributed by atoms with E-state index in [1.165, 1.54) is 17.2 Å². The van der Waals surface area contributed by atoms with E-state index in [0.29, 0.717) is 5.69 Å². The van der Waals surface area contributed by atoms with Crippen LogP contribution < -0.4 is 5.32 Å². The molecule has 0 heterocycles. The molecule has 3 rings (SSSR count). The SMILES string of the molecule is Fc1ccccc1NC1CCc2ccccc21. The van der Waals surface area contributed by atoms with Crippen molar-refractivity contribution in [3.05, 3.63) is 65.5 Å². The van der Waals surface area contributed by atoms with E-state index in [0.717, 1.165) is 12.8 Å². The smallest absolute Gasteiger partial charge is 0.146 e. The van der Waals surface area contributed by atoms with Gasteiger partial charge in [0, 0.05) is 0 Å². The van der Waals surface area contributed by atoms with Crippen molar-refractivity contribution >= 4 is 5.69 Å². The molecular weight excluding hydrogens is 213 g/mol. The van der Waals surface area contributed by atoms with Gasteiger partial charge in [0.25, 0.3) is 0 Å². The topological polar surface area (TPSA) is 12.0 Å². The lowest BCUT2D eigenvalue weighted by molar-refractivity contribution is 0.625. The molecule has 0 radical (unpaired) electrons. The fraction of sp³-hybridized carbons (Fsp3) is 0.200. The summed E-state index contributed by atoms with van der Waals surface area (Å²) in [5, 5.41) is 3.29. The second kappa shape index (κ2) is 4.21. The first-order chi connectivity index (χ1) is 8.34. The van der Waals surface area contributed by atoms with Gasteiger partial charge in [-0.25, -0.2) is 4.39 Å². The van der Waals surface area contributed by atoms with Crippen LogP contribution in [0.3, 0.4) is 0 Å². The molecule has 0 saturated heterocycles. The van der Waals surface area contributed by atoms with Crippen LogP contribution in [0.4, 0.5) is 10.1 Å². The molecule has 2 aromatic carbocycles. The van der Waals surface area contributed by atoms with Gasteiger partial charge in [0.1, 0.15) is 5.82 Å². The van der Waals surface area contributed by atoms with Gasteiger partial charge in [-0.2, -0.15) is 0 Å². The highest BCUT2D eigenvalue weighted by Gasteiger charge is 2.22. The third-order valence-electron chi connectivity index (χ3n) is 3.34. The maximum atomic E-state index is 13.6. The lowest BCUT2D eigenvalue weighted by atomic mass is 10.1. The highest BCUT2D eigenvalue weighted by Crippen LogP contribution is 2.33. The number of benzene rings is 2. The standard InChI is InChI=1S/C15H14FN/c16-13-7-3-4-8-15(13)17-14-10-9-11-5-1-2-6-12(11)14/h1-8,14,17H,9-10H2. The van der Waals surface area contributed by atoms with E-state index in [1.54, 1.807) is 12.1 Å². The molecule has 2 aromatic rings. The Balaban J connectivity index is 1.87. The molecule has 1 atom stereocenters. The average molecular weight is 227 g/mol. The van der Waals surface area contributed by atoms with E-state index in [2.05, 4.69) is 23.5 Å². The van der Waals surface area contributed by atoms with Crippen molar-refractivity contribution in [2.75, 3.05) is 5.32 Å². The Kier molecular flexibility index (Phi) is 2.56. The number of aryl methyl sites for hydroxylation is 1. The second-order valence-corrected chi connectivity index (χ2v) is 4.41. The van der Waals surface area contributed by atoms with Crippen LogP contribution in [0.25, 0.3) is 0 Å². The molecule has 17 heavy (non-hydrogen) atoms. The summed E-state index contributed by atoms with van der Waals surface area (Å²) in [5.41, 5.74) is 3.27. The number of hydrogen-bond acceptors (Lipinski definition) is 1. The lowest BCUT2D eigenvalue weighted by Gasteiger charge is -2.15. The Morgan fingerprint density at radius 2 is 1.76 bits per heavy atom. The number of fused-ring (bicyclic) bond motifs is 1. The molecule has 0 amide bonds. The van der Waals surface area contributed by atoms with E-state index in [-0.39, 0.29) is 11.9 Å². The van der Waals surface area contributed by atoms with Crippen molar-refractivity contribution in [2.24, 2.45) is 0 Å². The first-order valence-corrected chi connectivity index (χ1v) is 5.93. The lowest BCUT2D eigenvalue weighted by Crippen LogP contribution is -2.08. The van der Waals surface area contributed by atoms with Crippen molar-refractivity contribution in [3.63, 3.8) is 0 Å². The highest BCUT2D eigenvalue weighted by atomic mass is 19.1. The quantitative estimate of drug-likeness (QED) is 0.819. The van der Waals surface area contributed by atoms with Crippen molar-refractivity contribution in [3.8, 4) is 0 Å². The van der Waals surface area contributed by atoms with Crippen molar-refractivity contribution in [1.29, 1.82) is 0 Å². The molecule has 2 heteroatoms. The first-order valence-electron chi connectivity index (χ1n) is 5.93. The number of rotatable bonds is 2. The molecule has 1 N–H and O–H groups in total. The Morgan fingerprint density at radius 3 is 2.65 bits per heavy atom. The molecule has 0 aliphatic heterocycles. The molecule has 0 bridgehead atoms. The molecule has 1 nitrogen and oxygen atoms in total. The molecule has 1 unspecified atom stereocenters. The zero-order valence-electron chi connectivity index (χ0n) is 9.49. The van der Waals surface area contributed by atoms with Crippen LogP contribution in [0.1, 0.15) is 23.6 Å². The van der Waals surface area contributed by atoms with Crippen LogP contribution >= 0.6 is 0 Å². The Labute approximate surface area is 100 Å². The fourth-order valence-corrected chi connectivity index (χ4v) is 2.47. The van der Waals surface area contributed by atoms with Gasteiger partial charge < -0.3 is 5.32 Å². The summed E-state index contributed by atoms with van der Waals surface area (Å²) in [5.74, 6) is -0.183. The molecule has 1 aliphatic carbocycles. The van der Waals surface area contributed by atoms with Gasteiger partial charge in [0.05, 0.1) is 11.7 Å². The molecule has 0 fully saturated rings. The van der Waals surface area contributed by atoms with E-state index >= 15 is 0 Å². The van der Waals surface area contributed by atoms with Crippen molar-refractivity contribution in [2.45, 2.75) is 18.9 Å². The molecule has 0 aromatic heterocycles. The van der Waals surface area contributed by atoms with E-state index in [1.807, 2.05) is 12.1 Å². The second-order valence-electron chi connectivity index (χ2n) is 4.41. The molecule has 0 spiro atoms. The average Bonchev–Trinajstić information content (AvgIpc) is 2.76. The maximum absolute atomic E-state index is 13.6. The summed E-state index contributed by atoms with van der Waals surface area (Å²) < 4.78 is 13.6. The minimum atomic E-state index is -0.183. The van der Waals surface area contributed by atoms with Gasteiger partial charge in [-0.1, -0.05) is 36.4 Å². The molecular formula is C15H14FN. The normalized spacial score (nSPS) is 17.8.